The number of hydrogen-bond acceptors (Lipinski definition) is 6. The van der Waals surface area contributed by atoms with Crippen LogP contribution in [0.5, 0.6) is 0 Å². The van der Waals surface area contributed by atoms with Crippen molar-refractivity contribution in [3.8, 4) is 0 Å². The summed E-state index contributed by atoms with van der Waals surface area (Å²) in [6, 6.07) is 1.55. The number of anilines is 1. The van der Waals surface area contributed by atoms with Crippen LogP contribution in [0.2, 0.25) is 0 Å². The second-order valence-corrected chi connectivity index (χ2v) is 7.97. The third-order valence-electron chi connectivity index (χ3n) is 2.87. The molecule has 1 aromatic heterocycles. The molecule has 1 aromatic rings. The monoisotopic (exact) mass is 337 g/mol. The van der Waals surface area contributed by atoms with Crippen molar-refractivity contribution in [2.24, 2.45) is 0 Å². The van der Waals surface area contributed by atoms with Gasteiger partial charge >= 0.3 is 5.97 Å². The lowest BCUT2D eigenvalue weighted by Gasteiger charge is -2.15. The van der Waals surface area contributed by atoms with Crippen LogP contribution in [0.15, 0.2) is 11.4 Å². The summed E-state index contributed by atoms with van der Waals surface area (Å²) in [5.74, 6) is -0.902. The second-order valence-electron chi connectivity index (χ2n) is 4.17. The molecule has 1 aliphatic rings. The standard InChI is InChI=1S/C11H12ClNO5S2/c1-2-18-11(15)8-3-4-19-10(8)13-6-7(5-9(13)14)20(12,16)17/h3-4,7H,2,5-6H2,1H3. The van der Waals surface area contributed by atoms with Gasteiger partial charge in [0.1, 0.15) is 10.3 Å². The van der Waals surface area contributed by atoms with Crippen molar-refractivity contribution in [2.75, 3.05) is 18.1 Å². The molecular weight excluding hydrogens is 326 g/mol. The molecule has 1 saturated heterocycles. The van der Waals surface area contributed by atoms with Gasteiger partial charge in [-0.1, -0.05) is 0 Å². The Kier molecular flexibility index (Phi) is 4.36. The largest absolute Gasteiger partial charge is 0.462 e. The summed E-state index contributed by atoms with van der Waals surface area (Å²) in [6.45, 7) is 1.86. The molecule has 9 heteroatoms. The van der Waals surface area contributed by atoms with E-state index in [4.69, 9.17) is 15.4 Å². The molecule has 2 heterocycles. The first-order chi connectivity index (χ1) is 9.34. The molecule has 0 radical (unpaired) electrons. The Bertz CT molecular complexity index is 639. The third kappa shape index (κ3) is 2.97. The van der Waals surface area contributed by atoms with Crippen LogP contribution in [0.3, 0.4) is 0 Å². The van der Waals surface area contributed by atoms with Crippen molar-refractivity contribution in [3.05, 3.63) is 17.0 Å². The molecule has 0 spiro atoms. The van der Waals surface area contributed by atoms with Gasteiger partial charge in [0.25, 0.3) is 0 Å². The topological polar surface area (TPSA) is 80.8 Å². The highest BCUT2D eigenvalue weighted by Gasteiger charge is 2.39. The maximum atomic E-state index is 11.9. The molecule has 0 bridgehead atoms. The molecule has 0 aromatic carbocycles. The number of halogens is 1. The van der Waals surface area contributed by atoms with Crippen LogP contribution >= 0.6 is 22.0 Å². The summed E-state index contributed by atoms with van der Waals surface area (Å²) in [7, 11) is 1.48. The van der Waals surface area contributed by atoms with E-state index in [0.717, 1.165) is 0 Å². The van der Waals surface area contributed by atoms with Gasteiger partial charge in [0.15, 0.2) is 0 Å². The normalized spacial score (nSPS) is 19.4. The minimum absolute atomic E-state index is 0.0441. The minimum atomic E-state index is -3.80. The van der Waals surface area contributed by atoms with E-state index in [2.05, 4.69) is 0 Å². The Morgan fingerprint density at radius 2 is 2.30 bits per heavy atom. The lowest BCUT2D eigenvalue weighted by molar-refractivity contribution is -0.117. The first kappa shape index (κ1) is 15.3. The van der Waals surface area contributed by atoms with Crippen molar-refractivity contribution in [3.63, 3.8) is 0 Å². The van der Waals surface area contributed by atoms with Crippen LogP contribution in [-0.4, -0.2) is 38.7 Å². The molecule has 1 fully saturated rings. The summed E-state index contributed by atoms with van der Waals surface area (Å²) in [5.41, 5.74) is 0.262. The van der Waals surface area contributed by atoms with E-state index in [9.17, 15) is 18.0 Å². The van der Waals surface area contributed by atoms with Crippen LogP contribution in [-0.2, 0) is 18.6 Å². The van der Waals surface area contributed by atoms with Crippen molar-refractivity contribution in [1.82, 2.24) is 0 Å². The highest BCUT2D eigenvalue weighted by Crippen LogP contribution is 2.33. The second kappa shape index (κ2) is 5.71. The van der Waals surface area contributed by atoms with Crippen LogP contribution in [0, 0.1) is 0 Å². The van der Waals surface area contributed by atoms with Gasteiger partial charge < -0.3 is 9.64 Å². The Morgan fingerprint density at radius 3 is 2.85 bits per heavy atom. The van der Waals surface area contributed by atoms with Crippen LogP contribution in [0.25, 0.3) is 0 Å². The van der Waals surface area contributed by atoms with Gasteiger partial charge in [-0.05, 0) is 18.4 Å². The predicted molar refractivity (Wildman–Crippen MR) is 75.8 cm³/mol. The molecule has 0 saturated carbocycles. The Hall–Kier alpha value is -1.12. The van der Waals surface area contributed by atoms with E-state index in [1.807, 2.05) is 0 Å². The number of thiophene rings is 1. The van der Waals surface area contributed by atoms with Gasteiger partial charge in [-0.2, -0.15) is 0 Å². The summed E-state index contributed by atoms with van der Waals surface area (Å²) >= 11 is 1.18. The van der Waals surface area contributed by atoms with Crippen molar-refractivity contribution >= 4 is 47.9 Å². The van der Waals surface area contributed by atoms with Gasteiger partial charge in [0.2, 0.25) is 15.0 Å². The highest BCUT2D eigenvalue weighted by molar-refractivity contribution is 8.14. The number of amides is 1. The molecule has 1 atom stereocenters. The van der Waals surface area contributed by atoms with Crippen molar-refractivity contribution in [2.45, 2.75) is 18.6 Å². The first-order valence-electron chi connectivity index (χ1n) is 5.83. The van der Waals surface area contributed by atoms with Gasteiger partial charge in [0.05, 0.1) is 12.2 Å². The quantitative estimate of drug-likeness (QED) is 0.615. The van der Waals surface area contributed by atoms with E-state index in [0.29, 0.717) is 5.00 Å². The van der Waals surface area contributed by atoms with Gasteiger partial charge in [-0.3, -0.25) is 4.79 Å². The number of nitrogens with zero attached hydrogens (tertiary/aromatic N) is 1. The van der Waals surface area contributed by atoms with E-state index in [1.165, 1.54) is 16.2 Å². The molecule has 0 N–H and O–H groups in total. The van der Waals surface area contributed by atoms with E-state index in [-0.39, 0.29) is 31.0 Å². The average molecular weight is 338 g/mol. The molecule has 20 heavy (non-hydrogen) atoms. The van der Waals surface area contributed by atoms with Gasteiger partial charge in [0, 0.05) is 23.6 Å². The molecule has 2 rings (SSSR count). The van der Waals surface area contributed by atoms with Crippen LogP contribution < -0.4 is 4.90 Å². The summed E-state index contributed by atoms with van der Waals surface area (Å²) in [6.07, 6.45) is -0.175. The van der Waals surface area contributed by atoms with Crippen molar-refractivity contribution < 1.29 is 22.7 Å². The number of esters is 1. The lowest BCUT2D eigenvalue weighted by Crippen LogP contribution is -2.27. The zero-order valence-electron chi connectivity index (χ0n) is 10.5. The third-order valence-corrected chi connectivity index (χ3v) is 5.68. The van der Waals surface area contributed by atoms with Crippen LogP contribution in [0.4, 0.5) is 5.00 Å². The maximum Gasteiger partial charge on any atom is 0.341 e. The molecular formula is C11H12ClNO5S2. The first-order valence-corrected chi connectivity index (χ1v) is 9.08. The molecule has 1 aliphatic heterocycles. The Morgan fingerprint density at radius 1 is 1.60 bits per heavy atom. The fourth-order valence-corrected chi connectivity index (χ4v) is 3.88. The van der Waals surface area contributed by atoms with E-state index >= 15 is 0 Å². The summed E-state index contributed by atoms with van der Waals surface area (Å²) in [5, 5.41) is 1.10. The molecule has 1 unspecified atom stereocenters. The highest BCUT2D eigenvalue weighted by atomic mass is 35.7. The fourth-order valence-electron chi connectivity index (χ4n) is 1.93. The Labute approximate surface area is 124 Å². The molecule has 0 aliphatic carbocycles. The zero-order valence-corrected chi connectivity index (χ0v) is 12.9. The predicted octanol–water partition coefficient (Wildman–Crippen LogP) is 1.60. The van der Waals surface area contributed by atoms with E-state index in [1.54, 1.807) is 18.4 Å². The molecule has 6 nitrogen and oxygen atoms in total. The van der Waals surface area contributed by atoms with Crippen LogP contribution in [0.1, 0.15) is 23.7 Å². The number of carbonyl (C=O) groups is 2. The maximum absolute atomic E-state index is 11.9. The summed E-state index contributed by atoms with van der Waals surface area (Å²) < 4.78 is 27.5. The number of carbonyl (C=O) groups excluding carboxylic acids is 2. The SMILES string of the molecule is CCOC(=O)c1ccsc1N1CC(S(=O)(=O)Cl)CC1=O. The molecule has 1 amide bonds. The number of rotatable bonds is 4. The number of hydrogen-bond donors (Lipinski definition) is 0. The van der Waals surface area contributed by atoms with Crippen molar-refractivity contribution in [1.29, 1.82) is 0 Å². The molecule has 110 valence electrons. The fraction of sp³-hybridized carbons (Fsp3) is 0.455. The smallest absolute Gasteiger partial charge is 0.341 e. The summed E-state index contributed by atoms with van der Waals surface area (Å²) in [4.78, 5) is 25.0. The minimum Gasteiger partial charge on any atom is -0.462 e. The Balaban J connectivity index is 2.28. The average Bonchev–Trinajstić information content (AvgIpc) is 2.94. The van der Waals surface area contributed by atoms with Gasteiger partial charge in [-0.15, -0.1) is 11.3 Å². The number of ether oxygens (including phenoxy) is 1. The zero-order chi connectivity index (χ0) is 14.9. The van der Waals surface area contributed by atoms with E-state index < -0.39 is 20.3 Å². The lowest BCUT2D eigenvalue weighted by atomic mass is 10.3. The van der Waals surface area contributed by atoms with Gasteiger partial charge in [-0.25, -0.2) is 13.2 Å².